The van der Waals surface area contributed by atoms with Gasteiger partial charge < -0.3 is 9.47 Å². The van der Waals surface area contributed by atoms with Crippen LogP contribution in [0.25, 0.3) is 6.08 Å². The number of rotatable bonds is 7. The number of carbonyl (C=O) groups excluding carboxylic acids is 1. The van der Waals surface area contributed by atoms with E-state index in [2.05, 4.69) is 4.99 Å². The average Bonchev–Trinajstić information content (AvgIpc) is 3.22. The topological polar surface area (TPSA) is 69.9 Å². The van der Waals surface area contributed by atoms with E-state index >= 15 is 0 Å². The first-order valence-corrected chi connectivity index (χ1v) is 13.9. The van der Waals surface area contributed by atoms with Gasteiger partial charge in [-0.3, -0.25) is 9.36 Å². The van der Waals surface area contributed by atoms with Crippen molar-refractivity contribution in [3.05, 3.63) is 131 Å². The minimum atomic E-state index is -0.777. The minimum absolute atomic E-state index is 0.281. The van der Waals surface area contributed by atoms with Gasteiger partial charge in [-0.15, -0.1) is 0 Å². The number of hydrogen-bond donors (Lipinski definition) is 0. The third kappa shape index (κ3) is 5.78. The fraction of sp³-hybridized carbons (Fsp3) is 0.194. The molecule has 1 aromatic heterocycles. The number of thiazole rings is 1. The molecule has 4 aromatic rings. The monoisotopic (exact) mass is 576 g/mol. The molecule has 0 N–H and O–H groups in total. The third-order valence-electron chi connectivity index (χ3n) is 6.28. The molecule has 1 unspecified atom stereocenters. The lowest BCUT2D eigenvalue weighted by molar-refractivity contribution is -0.143. The molecule has 0 bridgehead atoms. The van der Waals surface area contributed by atoms with Crippen LogP contribution in [0.3, 0.4) is 0 Å². The molecule has 2 heterocycles. The summed E-state index contributed by atoms with van der Waals surface area (Å²) in [6.45, 7) is 5.59. The molecule has 204 valence electrons. The number of benzene rings is 3. The Bertz CT molecular complexity index is 1770. The van der Waals surface area contributed by atoms with Crippen molar-refractivity contribution in [2.24, 2.45) is 4.99 Å². The zero-order chi connectivity index (χ0) is 28.4. The van der Waals surface area contributed by atoms with Gasteiger partial charge in [0.25, 0.3) is 5.56 Å². The molecule has 1 atom stereocenters. The highest BCUT2D eigenvalue weighted by Crippen LogP contribution is 2.34. The number of nitrogens with zero attached hydrogens (tertiary/aromatic N) is 2. The minimum Gasteiger partial charge on any atom is -0.489 e. The summed E-state index contributed by atoms with van der Waals surface area (Å²) in [5.41, 5.74) is 2.74. The lowest BCUT2D eigenvalue weighted by atomic mass is 9.96. The first-order valence-electron chi connectivity index (χ1n) is 12.7. The summed E-state index contributed by atoms with van der Waals surface area (Å²) < 4.78 is 26.4. The van der Waals surface area contributed by atoms with Crippen LogP contribution in [0, 0.1) is 5.82 Å². The van der Waals surface area contributed by atoms with Crippen molar-refractivity contribution in [1.29, 1.82) is 0 Å². The van der Waals surface area contributed by atoms with Gasteiger partial charge in [-0.05, 0) is 73.9 Å². The summed E-state index contributed by atoms with van der Waals surface area (Å²) in [5.74, 6) is -0.185. The quantitative estimate of drug-likeness (QED) is 0.270. The van der Waals surface area contributed by atoms with Crippen molar-refractivity contribution >= 4 is 35.0 Å². The van der Waals surface area contributed by atoms with E-state index in [0.717, 1.165) is 11.1 Å². The summed E-state index contributed by atoms with van der Waals surface area (Å²) in [6.07, 6.45) is 1.44. The highest BCUT2D eigenvalue weighted by Gasteiger charge is 2.34. The predicted molar refractivity (Wildman–Crippen MR) is 154 cm³/mol. The maximum Gasteiger partial charge on any atom is 0.338 e. The summed E-state index contributed by atoms with van der Waals surface area (Å²) in [6, 6.07) is 19.8. The second-order valence-electron chi connectivity index (χ2n) is 9.54. The van der Waals surface area contributed by atoms with Gasteiger partial charge in [-0.25, -0.2) is 14.2 Å². The molecular weight excluding hydrogens is 551 g/mol. The van der Waals surface area contributed by atoms with Crippen LogP contribution in [0.1, 0.15) is 43.5 Å². The molecule has 0 aliphatic carbocycles. The Labute approximate surface area is 239 Å². The van der Waals surface area contributed by atoms with Crippen LogP contribution in [0.2, 0.25) is 5.02 Å². The van der Waals surface area contributed by atoms with Crippen LogP contribution in [0.5, 0.6) is 5.75 Å². The molecule has 0 saturated heterocycles. The molecule has 1 aliphatic heterocycles. The zero-order valence-corrected chi connectivity index (χ0v) is 23.6. The molecule has 40 heavy (non-hydrogen) atoms. The van der Waals surface area contributed by atoms with E-state index in [1.54, 1.807) is 57.2 Å². The molecule has 0 spiro atoms. The van der Waals surface area contributed by atoms with Crippen LogP contribution >= 0.6 is 22.9 Å². The number of aromatic nitrogens is 1. The Kier molecular flexibility index (Phi) is 8.00. The van der Waals surface area contributed by atoms with Crippen LogP contribution in [0.15, 0.2) is 93.9 Å². The second-order valence-corrected chi connectivity index (χ2v) is 11.0. The molecule has 0 saturated carbocycles. The maximum atomic E-state index is 13.8. The Morgan fingerprint density at radius 3 is 2.48 bits per heavy atom. The van der Waals surface area contributed by atoms with Gasteiger partial charge in [-0.1, -0.05) is 65.4 Å². The molecule has 6 nitrogen and oxygen atoms in total. The molecule has 0 fully saturated rings. The highest BCUT2D eigenvalue weighted by molar-refractivity contribution is 7.07. The van der Waals surface area contributed by atoms with Crippen molar-refractivity contribution < 1.29 is 18.7 Å². The molecule has 9 heteroatoms. The smallest absolute Gasteiger partial charge is 0.338 e. The molecule has 0 radical (unpaired) electrons. The van der Waals surface area contributed by atoms with E-state index in [0.29, 0.717) is 38.0 Å². The normalized spacial score (nSPS) is 15.2. The van der Waals surface area contributed by atoms with Gasteiger partial charge in [-0.2, -0.15) is 0 Å². The summed E-state index contributed by atoms with van der Waals surface area (Å²) >= 11 is 7.81. The standard InChI is InChI=1S/C31H26ClFN2O4S/c1-18(2)39-30(37)27-19(3)34-31-35(28(27)24-6-4-5-7-25(24)32)29(36)26(40-31)16-20-10-14-23(15-11-20)38-17-21-8-12-22(33)13-9-21/h4-16,18,28H,17H2,1-3H3. The van der Waals surface area contributed by atoms with Gasteiger partial charge in [0.2, 0.25) is 0 Å². The molecule has 3 aromatic carbocycles. The highest BCUT2D eigenvalue weighted by atomic mass is 35.5. The molecular formula is C31H26ClFN2O4S. The number of ether oxygens (including phenoxy) is 2. The number of allylic oxidation sites excluding steroid dienone is 1. The average molecular weight is 577 g/mol. The summed E-state index contributed by atoms with van der Waals surface area (Å²) in [7, 11) is 0. The van der Waals surface area contributed by atoms with Crippen molar-refractivity contribution in [3.63, 3.8) is 0 Å². The van der Waals surface area contributed by atoms with Crippen molar-refractivity contribution in [1.82, 2.24) is 4.57 Å². The van der Waals surface area contributed by atoms with Gasteiger partial charge >= 0.3 is 5.97 Å². The lowest BCUT2D eigenvalue weighted by Crippen LogP contribution is -2.40. The van der Waals surface area contributed by atoms with E-state index in [1.807, 2.05) is 30.3 Å². The second kappa shape index (κ2) is 11.6. The van der Waals surface area contributed by atoms with Crippen LogP contribution in [-0.4, -0.2) is 16.6 Å². The van der Waals surface area contributed by atoms with E-state index in [1.165, 1.54) is 28.0 Å². The number of esters is 1. The number of halogens is 2. The van der Waals surface area contributed by atoms with Gasteiger partial charge in [0.15, 0.2) is 4.80 Å². The summed E-state index contributed by atoms with van der Waals surface area (Å²) in [5, 5.41) is 0.433. The fourth-order valence-corrected chi connectivity index (χ4v) is 5.70. The Hall–Kier alpha value is -4.01. The maximum absolute atomic E-state index is 13.8. The third-order valence-corrected chi connectivity index (χ3v) is 7.61. The van der Waals surface area contributed by atoms with Crippen LogP contribution < -0.4 is 19.6 Å². The fourth-order valence-electron chi connectivity index (χ4n) is 4.41. The Balaban J connectivity index is 1.50. The molecule has 0 amide bonds. The van der Waals surface area contributed by atoms with Crippen molar-refractivity contribution in [3.8, 4) is 5.75 Å². The number of fused-ring (bicyclic) bond motifs is 1. The number of carbonyl (C=O) groups is 1. The Morgan fingerprint density at radius 1 is 1.10 bits per heavy atom. The van der Waals surface area contributed by atoms with Crippen molar-refractivity contribution in [2.45, 2.75) is 39.5 Å². The lowest BCUT2D eigenvalue weighted by Gasteiger charge is -2.26. The Morgan fingerprint density at radius 2 is 1.80 bits per heavy atom. The first-order chi connectivity index (χ1) is 19.2. The largest absolute Gasteiger partial charge is 0.489 e. The van der Waals surface area contributed by atoms with Crippen LogP contribution in [-0.2, 0) is 16.1 Å². The van der Waals surface area contributed by atoms with E-state index in [4.69, 9.17) is 21.1 Å². The first kappa shape index (κ1) is 27.6. The van der Waals surface area contributed by atoms with Gasteiger partial charge in [0.1, 0.15) is 24.2 Å². The van der Waals surface area contributed by atoms with E-state index in [9.17, 15) is 14.0 Å². The summed E-state index contributed by atoms with van der Waals surface area (Å²) in [4.78, 5) is 32.0. The van der Waals surface area contributed by atoms with Gasteiger partial charge in [0.05, 0.1) is 21.9 Å². The SMILES string of the molecule is CC1=C(C(=O)OC(C)C)C(c2ccccc2Cl)n2c(sc(=Cc3ccc(OCc4ccc(F)cc4)cc3)c2=O)=N1. The van der Waals surface area contributed by atoms with E-state index in [-0.39, 0.29) is 23.1 Å². The molecule has 1 aliphatic rings. The van der Waals surface area contributed by atoms with E-state index < -0.39 is 12.0 Å². The predicted octanol–water partition coefficient (Wildman–Crippen LogP) is 5.56. The molecule has 5 rings (SSSR count). The van der Waals surface area contributed by atoms with Crippen LogP contribution in [0.4, 0.5) is 4.39 Å². The number of hydrogen-bond acceptors (Lipinski definition) is 6. The zero-order valence-electron chi connectivity index (χ0n) is 22.1. The van der Waals surface area contributed by atoms with Gasteiger partial charge in [0, 0.05) is 5.02 Å². The van der Waals surface area contributed by atoms with Crippen molar-refractivity contribution in [2.75, 3.05) is 0 Å².